The van der Waals surface area contributed by atoms with Crippen LogP contribution in [0.15, 0.2) is 48.8 Å². The summed E-state index contributed by atoms with van der Waals surface area (Å²) in [4.78, 5) is 4.29. The third-order valence-corrected chi connectivity index (χ3v) is 2.96. The quantitative estimate of drug-likeness (QED) is 0.790. The average molecular weight is 241 g/mol. The smallest absolute Gasteiger partial charge is 0.0468 e. The maximum Gasteiger partial charge on any atom is 0.0468 e. The van der Waals surface area contributed by atoms with Gasteiger partial charge in [0.15, 0.2) is 0 Å². The molecule has 1 atom stereocenters. The van der Waals surface area contributed by atoms with Crippen molar-refractivity contribution in [1.29, 1.82) is 0 Å². The van der Waals surface area contributed by atoms with Crippen molar-refractivity contribution < 1.29 is 0 Å². The van der Waals surface area contributed by atoms with Crippen molar-refractivity contribution in [1.82, 2.24) is 10.3 Å². The summed E-state index contributed by atoms with van der Waals surface area (Å²) in [5.74, 6) is 0. The lowest BCUT2D eigenvalue weighted by Crippen LogP contribution is -2.29. The van der Waals surface area contributed by atoms with Crippen LogP contribution in [0.5, 0.6) is 0 Å². The van der Waals surface area contributed by atoms with Gasteiger partial charge in [-0.15, -0.1) is 0 Å². The molecule has 0 aliphatic carbocycles. The first-order valence-electron chi connectivity index (χ1n) is 6.13. The topological polar surface area (TPSA) is 50.9 Å². The lowest BCUT2D eigenvalue weighted by molar-refractivity contribution is 0.571. The molecule has 1 aromatic heterocycles. The molecule has 0 saturated heterocycles. The van der Waals surface area contributed by atoms with Crippen LogP contribution in [0.4, 0.5) is 0 Å². The van der Waals surface area contributed by atoms with Gasteiger partial charge in [0, 0.05) is 36.9 Å². The minimum atomic E-state index is 0.111. The van der Waals surface area contributed by atoms with Gasteiger partial charge in [0.05, 0.1) is 0 Å². The molecule has 0 bridgehead atoms. The standard InChI is InChI=1S/C15H19N3/c1-11(2)8-18-15(7-16)14-10-17-9-12-5-3-4-6-13(12)14/h3-6,9-10,15,18H,1,7-8,16H2,2H3. The van der Waals surface area contributed by atoms with E-state index in [0.717, 1.165) is 23.1 Å². The minimum Gasteiger partial charge on any atom is -0.329 e. The summed E-state index contributed by atoms with van der Waals surface area (Å²) in [6, 6.07) is 8.35. The van der Waals surface area contributed by atoms with Crippen LogP contribution in [0.25, 0.3) is 10.8 Å². The Morgan fingerprint density at radius 3 is 2.89 bits per heavy atom. The monoisotopic (exact) mass is 241 g/mol. The highest BCUT2D eigenvalue weighted by Gasteiger charge is 2.12. The van der Waals surface area contributed by atoms with Crippen LogP contribution < -0.4 is 11.1 Å². The van der Waals surface area contributed by atoms with Crippen LogP contribution in [0, 0.1) is 0 Å². The Bertz CT molecular complexity index is 543. The van der Waals surface area contributed by atoms with Crippen LogP contribution in [0.1, 0.15) is 18.5 Å². The summed E-state index contributed by atoms with van der Waals surface area (Å²) in [5, 5.41) is 5.76. The summed E-state index contributed by atoms with van der Waals surface area (Å²) < 4.78 is 0. The summed E-state index contributed by atoms with van der Waals surface area (Å²) >= 11 is 0. The van der Waals surface area contributed by atoms with Crippen LogP contribution >= 0.6 is 0 Å². The second-order valence-electron chi connectivity index (χ2n) is 4.58. The minimum absolute atomic E-state index is 0.111. The van der Waals surface area contributed by atoms with E-state index in [-0.39, 0.29) is 6.04 Å². The van der Waals surface area contributed by atoms with Crippen molar-refractivity contribution in [2.45, 2.75) is 13.0 Å². The van der Waals surface area contributed by atoms with Gasteiger partial charge in [-0.25, -0.2) is 0 Å². The highest BCUT2D eigenvalue weighted by Crippen LogP contribution is 2.22. The lowest BCUT2D eigenvalue weighted by atomic mass is 10.0. The van der Waals surface area contributed by atoms with Gasteiger partial charge in [0.2, 0.25) is 0 Å². The number of hydrogen-bond acceptors (Lipinski definition) is 3. The zero-order valence-corrected chi connectivity index (χ0v) is 10.7. The van der Waals surface area contributed by atoms with E-state index >= 15 is 0 Å². The van der Waals surface area contributed by atoms with Gasteiger partial charge >= 0.3 is 0 Å². The molecule has 18 heavy (non-hydrogen) atoms. The fourth-order valence-electron chi connectivity index (χ4n) is 2.04. The van der Waals surface area contributed by atoms with Crippen molar-refractivity contribution in [3.63, 3.8) is 0 Å². The Morgan fingerprint density at radius 2 is 2.17 bits per heavy atom. The molecule has 3 heteroatoms. The van der Waals surface area contributed by atoms with Crippen molar-refractivity contribution >= 4 is 10.8 Å². The van der Waals surface area contributed by atoms with E-state index in [1.807, 2.05) is 31.5 Å². The van der Waals surface area contributed by atoms with E-state index in [1.54, 1.807) is 0 Å². The largest absolute Gasteiger partial charge is 0.329 e. The summed E-state index contributed by atoms with van der Waals surface area (Å²) in [6.07, 6.45) is 3.77. The molecule has 3 nitrogen and oxygen atoms in total. The van der Waals surface area contributed by atoms with E-state index in [4.69, 9.17) is 5.73 Å². The van der Waals surface area contributed by atoms with Crippen molar-refractivity contribution in [2.24, 2.45) is 5.73 Å². The van der Waals surface area contributed by atoms with Gasteiger partial charge < -0.3 is 11.1 Å². The van der Waals surface area contributed by atoms with E-state index < -0.39 is 0 Å². The number of nitrogens with zero attached hydrogens (tertiary/aromatic N) is 1. The molecular formula is C15H19N3. The van der Waals surface area contributed by atoms with Gasteiger partial charge in [-0.1, -0.05) is 36.4 Å². The van der Waals surface area contributed by atoms with E-state index in [9.17, 15) is 0 Å². The third-order valence-electron chi connectivity index (χ3n) is 2.96. The van der Waals surface area contributed by atoms with Gasteiger partial charge in [-0.3, -0.25) is 4.98 Å². The zero-order valence-electron chi connectivity index (χ0n) is 10.7. The van der Waals surface area contributed by atoms with Crippen LogP contribution in [0.2, 0.25) is 0 Å². The maximum atomic E-state index is 5.86. The molecule has 0 saturated carbocycles. The number of fused-ring (bicyclic) bond motifs is 1. The Morgan fingerprint density at radius 1 is 1.39 bits per heavy atom. The Balaban J connectivity index is 2.35. The molecular weight excluding hydrogens is 222 g/mol. The van der Waals surface area contributed by atoms with Crippen molar-refractivity contribution in [3.05, 3.63) is 54.4 Å². The highest BCUT2D eigenvalue weighted by molar-refractivity contribution is 5.85. The molecule has 1 heterocycles. The SMILES string of the molecule is C=C(C)CNC(CN)c1cncc2ccccc12. The number of nitrogens with two attached hydrogens (primary N) is 1. The normalized spacial score (nSPS) is 12.6. The molecule has 2 rings (SSSR count). The Hall–Kier alpha value is -1.71. The molecule has 1 unspecified atom stereocenters. The number of hydrogen-bond donors (Lipinski definition) is 2. The number of benzene rings is 1. The van der Waals surface area contributed by atoms with Crippen molar-refractivity contribution in [3.8, 4) is 0 Å². The maximum absolute atomic E-state index is 5.86. The molecule has 0 radical (unpaired) electrons. The number of pyridine rings is 1. The van der Waals surface area contributed by atoms with Crippen LogP contribution in [0.3, 0.4) is 0 Å². The Labute approximate surface area is 108 Å². The molecule has 0 spiro atoms. The van der Waals surface area contributed by atoms with Crippen LogP contribution in [-0.4, -0.2) is 18.1 Å². The molecule has 0 aliphatic heterocycles. The molecule has 0 fully saturated rings. The first kappa shape index (κ1) is 12.7. The number of rotatable bonds is 5. The average Bonchev–Trinajstić information content (AvgIpc) is 2.39. The van der Waals surface area contributed by atoms with E-state index in [1.165, 1.54) is 5.39 Å². The van der Waals surface area contributed by atoms with Gasteiger partial charge in [0.1, 0.15) is 0 Å². The van der Waals surface area contributed by atoms with Gasteiger partial charge in [0.25, 0.3) is 0 Å². The van der Waals surface area contributed by atoms with E-state index in [2.05, 4.69) is 29.0 Å². The Kier molecular flexibility index (Phi) is 4.07. The predicted molar refractivity (Wildman–Crippen MR) is 76.4 cm³/mol. The first-order valence-corrected chi connectivity index (χ1v) is 6.13. The van der Waals surface area contributed by atoms with Gasteiger partial charge in [-0.2, -0.15) is 0 Å². The third kappa shape index (κ3) is 2.75. The molecule has 0 amide bonds. The molecule has 0 aliphatic rings. The molecule has 3 N–H and O–H groups in total. The second kappa shape index (κ2) is 5.76. The van der Waals surface area contributed by atoms with E-state index in [0.29, 0.717) is 6.54 Å². The fraction of sp³-hybridized carbons (Fsp3) is 0.267. The molecule has 94 valence electrons. The zero-order chi connectivity index (χ0) is 13.0. The van der Waals surface area contributed by atoms with Crippen LogP contribution in [-0.2, 0) is 0 Å². The lowest BCUT2D eigenvalue weighted by Gasteiger charge is -2.18. The number of nitrogens with one attached hydrogen (secondary N) is 1. The molecule has 1 aromatic carbocycles. The fourth-order valence-corrected chi connectivity index (χ4v) is 2.04. The summed E-state index contributed by atoms with van der Waals surface area (Å²) in [7, 11) is 0. The van der Waals surface area contributed by atoms with Crippen molar-refractivity contribution in [2.75, 3.05) is 13.1 Å². The first-order chi connectivity index (χ1) is 8.72. The molecule has 2 aromatic rings. The highest BCUT2D eigenvalue weighted by atomic mass is 14.9. The van der Waals surface area contributed by atoms with Gasteiger partial charge in [-0.05, 0) is 17.9 Å². The summed E-state index contributed by atoms with van der Waals surface area (Å²) in [6.45, 7) is 7.21. The predicted octanol–water partition coefficient (Wildman–Crippen LogP) is 2.40. The summed E-state index contributed by atoms with van der Waals surface area (Å²) in [5.41, 5.74) is 8.11. The number of aromatic nitrogens is 1. The second-order valence-corrected chi connectivity index (χ2v) is 4.58.